The fraction of sp³-hybridized carbons (Fsp3) is 0.294. The molecule has 116 valence electrons. The first-order chi connectivity index (χ1) is 10.4. The number of anilines is 2. The van der Waals surface area contributed by atoms with E-state index in [1.54, 1.807) is 18.2 Å². The zero-order valence-corrected chi connectivity index (χ0v) is 12.5. The predicted octanol–water partition coefficient (Wildman–Crippen LogP) is 4.31. The Morgan fingerprint density at radius 2 is 1.73 bits per heavy atom. The highest BCUT2D eigenvalue weighted by atomic mass is 19.2. The SMILES string of the molecule is CC1(C)CNc2cc(F)c(F)cc2N1Cc1ccccc1F. The zero-order valence-electron chi connectivity index (χ0n) is 12.5. The van der Waals surface area contributed by atoms with Gasteiger partial charge in [-0.1, -0.05) is 18.2 Å². The largest absolute Gasteiger partial charge is 0.381 e. The first kappa shape index (κ1) is 14.8. The second kappa shape index (κ2) is 5.23. The van der Waals surface area contributed by atoms with Gasteiger partial charge in [-0.3, -0.25) is 0 Å². The lowest BCUT2D eigenvalue weighted by Crippen LogP contribution is -2.51. The summed E-state index contributed by atoms with van der Waals surface area (Å²) in [4.78, 5) is 1.90. The molecule has 2 aromatic carbocycles. The number of benzene rings is 2. The van der Waals surface area contributed by atoms with Crippen molar-refractivity contribution in [3.8, 4) is 0 Å². The Balaban J connectivity index is 2.05. The molecule has 0 fully saturated rings. The molecule has 0 aromatic heterocycles. The monoisotopic (exact) mass is 306 g/mol. The van der Waals surface area contributed by atoms with Gasteiger partial charge in [0.15, 0.2) is 11.6 Å². The Bertz CT molecular complexity index is 713. The summed E-state index contributed by atoms with van der Waals surface area (Å²) in [5, 5.41) is 3.11. The smallest absolute Gasteiger partial charge is 0.161 e. The molecule has 2 nitrogen and oxygen atoms in total. The molecule has 0 aliphatic carbocycles. The van der Waals surface area contributed by atoms with Crippen molar-refractivity contribution in [2.24, 2.45) is 0 Å². The van der Waals surface area contributed by atoms with Crippen LogP contribution in [0.15, 0.2) is 36.4 Å². The van der Waals surface area contributed by atoms with Gasteiger partial charge in [0.2, 0.25) is 0 Å². The Morgan fingerprint density at radius 3 is 2.45 bits per heavy atom. The molecule has 2 aromatic rings. The minimum atomic E-state index is -0.906. The molecule has 1 aliphatic rings. The fourth-order valence-corrected chi connectivity index (χ4v) is 2.73. The van der Waals surface area contributed by atoms with Gasteiger partial charge in [0, 0.05) is 30.8 Å². The van der Waals surface area contributed by atoms with Gasteiger partial charge in [0.1, 0.15) is 5.82 Å². The highest BCUT2D eigenvalue weighted by Crippen LogP contribution is 2.38. The minimum absolute atomic E-state index is 0.291. The third kappa shape index (κ3) is 2.51. The lowest BCUT2D eigenvalue weighted by Gasteiger charge is -2.45. The van der Waals surface area contributed by atoms with Gasteiger partial charge in [-0.2, -0.15) is 0 Å². The highest BCUT2D eigenvalue weighted by molar-refractivity contribution is 5.74. The molecule has 0 saturated carbocycles. The number of hydrogen-bond donors (Lipinski definition) is 1. The van der Waals surface area contributed by atoms with Crippen LogP contribution in [0.5, 0.6) is 0 Å². The molecular formula is C17H17F3N2. The molecule has 0 radical (unpaired) electrons. The molecule has 0 amide bonds. The number of hydrogen-bond acceptors (Lipinski definition) is 2. The lowest BCUT2D eigenvalue weighted by atomic mass is 9.96. The first-order valence-electron chi connectivity index (χ1n) is 7.12. The second-order valence-electron chi connectivity index (χ2n) is 6.13. The van der Waals surface area contributed by atoms with E-state index in [1.165, 1.54) is 12.1 Å². The molecule has 1 N–H and O–H groups in total. The van der Waals surface area contributed by atoms with E-state index in [4.69, 9.17) is 0 Å². The van der Waals surface area contributed by atoms with Crippen LogP contribution in [0.1, 0.15) is 19.4 Å². The van der Waals surface area contributed by atoms with E-state index in [9.17, 15) is 13.2 Å². The lowest BCUT2D eigenvalue weighted by molar-refractivity contribution is 0.457. The average Bonchev–Trinajstić information content (AvgIpc) is 2.46. The van der Waals surface area contributed by atoms with Gasteiger partial charge in [-0.25, -0.2) is 13.2 Å². The van der Waals surface area contributed by atoms with Crippen molar-refractivity contribution in [2.45, 2.75) is 25.9 Å². The molecule has 1 heterocycles. The summed E-state index contributed by atoms with van der Waals surface area (Å²) in [6, 6.07) is 8.81. The first-order valence-corrected chi connectivity index (χ1v) is 7.12. The zero-order chi connectivity index (χ0) is 15.9. The molecule has 0 bridgehead atoms. The number of rotatable bonds is 2. The third-order valence-corrected chi connectivity index (χ3v) is 4.06. The summed E-state index contributed by atoms with van der Waals surface area (Å²) in [5.74, 6) is -2.10. The van der Waals surface area contributed by atoms with Gasteiger partial charge >= 0.3 is 0 Å². The third-order valence-electron chi connectivity index (χ3n) is 4.06. The van der Waals surface area contributed by atoms with E-state index in [0.717, 1.165) is 6.07 Å². The van der Waals surface area contributed by atoms with Crippen LogP contribution in [0, 0.1) is 17.5 Å². The van der Waals surface area contributed by atoms with E-state index in [-0.39, 0.29) is 11.4 Å². The van der Waals surface area contributed by atoms with E-state index in [2.05, 4.69) is 5.32 Å². The van der Waals surface area contributed by atoms with Crippen LogP contribution in [-0.2, 0) is 6.54 Å². The van der Waals surface area contributed by atoms with Crippen molar-refractivity contribution >= 4 is 11.4 Å². The van der Waals surface area contributed by atoms with Gasteiger partial charge < -0.3 is 10.2 Å². The number of halogens is 3. The van der Waals surface area contributed by atoms with Gasteiger partial charge in [0.25, 0.3) is 0 Å². The van der Waals surface area contributed by atoms with Crippen LogP contribution in [0.4, 0.5) is 24.5 Å². The standard InChI is InChI=1S/C17H17F3N2/c1-17(2)10-21-15-7-13(19)14(20)8-16(15)22(17)9-11-5-3-4-6-12(11)18/h3-8,21H,9-10H2,1-2H3. The minimum Gasteiger partial charge on any atom is -0.381 e. The van der Waals surface area contributed by atoms with Crippen molar-refractivity contribution in [1.82, 2.24) is 0 Å². The average molecular weight is 306 g/mol. The summed E-state index contributed by atoms with van der Waals surface area (Å²) < 4.78 is 41.0. The van der Waals surface area contributed by atoms with Crippen LogP contribution >= 0.6 is 0 Å². The molecule has 0 atom stereocenters. The van der Waals surface area contributed by atoms with Crippen LogP contribution in [0.25, 0.3) is 0 Å². The van der Waals surface area contributed by atoms with Gasteiger partial charge in [-0.05, 0) is 19.9 Å². The van der Waals surface area contributed by atoms with Crippen LogP contribution in [0.3, 0.4) is 0 Å². The molecule has 1 aliphatic heterocycles. The van der Waals surface area contributed by atoms with Crippen molar-refractivity contribution in [3.05, 3.63) is 59.4 Å². The number of fused-ring (bicyclic) bond motifs is 1. The molecule has 0 saturated heterocycles. The van der Waals surface area contributed by atoms with Crippen LogP contribution in [0.2, 0.25) is 0 Å². The van der Waals surface area contributed by atoms with E-state index in [1.807, 2.05) is 18.7 Å². The maximum Gasteiger partial charge on any atom is 0.161 e. The molecular weight excluding hydrogens is 289 g/mol. The predicted molar refractivity (Wildman–Crippen MR) is 81.5 cm³/mol. The van der Waals surface area contributed by atoms with Gasteiger partial charge in [-0.15, -0.1) is 0 Å². The quantitative estimate of drug-likeness (QED) is 0.889. The maximum atomic E-state index is 13.9. The summed E-state index contributed by atoms with van der Waals surface area (Å²) in [6.45, 7) is 4.80. The second-order valence-corrected chi connectivity index (χ2v) is 6.13. The normalized spacial score (nSPS) is 16.1. The summed E-state index contributed by atoms with van der Waals surface area (Å²) in [7, 11) is 0. The molecule has 0 unspecified atom stereocenters. The maximum absolute atomic E-state index is 13.9. The van der Waals surface area contributed by atoms with Crippen molar-refractivity contribution in [1.29, 1.82) is 0 Å². The Kier molecular flexibility index (Phi) is 3.51. The van der Waals surface area contributed by atoms with Gasteiger partial charge in [0.05, 0.1) is 16.9 Å². The number of nitrogens with zero attached hydrogens (tertiary/aromatic N) is 1. The van der Waals surface area contributed by atoms with Crippen molar-refractivity contribution in [3.63, 3.8) is 0 Å². The van der Waals surface area contributed by atoms with E-state index < -0.39 is 11.6 Å². The van der Waals surface area contributed by atoms with E-state index >= 15 is 0 Å². The van der Waals surface area contributed by atoms with E-state index in [0.29, 0.717) is 30.0 Å². The topological polar surface area (TPSA) is 15.3 Å². The highest BCUT2D eigenvalue weighted by Gasteiger charge is 2.34. The Labute approximate surface area is 127 Å². The van der Waals surface area contributed by atoms with Crippen LogP contribution < -0.4 is 10.2 Å². The molecule has 5 heteroatoms. The Morgan fingerprint density at radius 1 is 1.05 bits per heavy atom. The summed E-state index contributed by atoms with van der Waals surface area (Å²) in [6.07, 6.45) is 0. The fourth-order valence-electron chi connectivity index (χ4n) is 2.73. The van der Waals surface area contributed by atoms with Crippen molar-refractivity contribution in [2.75, 3.05) is 16.8 Å². The number of nitrogens with one attached hydrogen (secondary N) is 1. The molecule has 3 rings (SSSR count). The van der Waals surface area contributed by atoms with Crippen molar-refractivity contribution < 1.29 is 13.2 Å². The summed E-state index contributed by atoms with van der Waals surface area (Å²) >= 11 is 0. The summed E-state index contributed by atoms with van der Waals surface area (Å²) in [5.41, 5.74) is 1.22. The Hall–Kier alpha value is -2.17. The molecule has 0 spiro atoms. The molecule has 22 heavy (non-hydrogen) atoms. The van der Waals surface area contributed by atoms with Crippen LogP contribution in [-0.4, -0.2) is 12.1 Å².